The van der Waals surface area contributed by atoms with E-state index in [4.69, 9.17) is 4.74 Å². The molecule has 0 radical (unpaired) electrons. The first-order valence-electron chi connectivity index (χ1n) is 12.9. The summed E-state index contributed by atoms with van der Waals surface area (Å²) in [5.74, 6) is 1.15. The minimum absolute atomic E-state index is 0.0126. The van der Waals surface area contributed by atoms with E-state index in [9.17, 15) is 5.11 Å². The molecule has 1 aromatic carbocycles. The van der Waals surface area contributed by atoms with Gasteiger partial charge in [0.15, 0.2) is 0 Å². The molecule has 2 nitrogen and oxygen atoms in total. The number of ether oxygens (including phenoxy) is 1. The van der Waals surface area contributed by atoms with E-state index < -0.39 is 0 Å². The van der Waals surface area contributed by atoms with E-state index in [1.807, 2.05) is 0 Å². The smallest absolute Gasteiger partial charge is 0.0720 e. The highest BCUT2D eigenvalue weighted by atomic mass is 16.5. The van der Waals surface area contributed by atoms with Crippen LogP contribution in [0.5, 0.6) is 0 Å². The van der Waals surface area contributed by atoms with Crippen LogP contribution in [-0.4, -0.2) is 17.3 Å². The van der Waals surface area contributed by atoms with Gasteiger partial charge in [0.25, 0.3) is 0 Å². The van der Waals surface area contributed by atoms with Crippen LogP contribution < -0.4 is 0 Å². The fourth-order valence-corrected chi connectivity index (χ4v) is 8.34. The van der Waals surface area contributed by atoms with Gasteiger partial charge < -0.3 is 9.84 Å². The molecule has 174 valence electrons. The first-order valence-corrected chi connectivity index (χ1v) is 12.9. The molecule has 5 unspecified atom stereocenters. The molecule has 1 N–H and O–H groups in total. The summed E-state index contributed by atoms with van der Waals surface area (Å²) in [4.78, 5) is 0. The van der Waals surface area contributed by atoms with Crippen molar-refractivity contribution in [1.82, 2.24) is 0 Å². The first-order chi connectivity index (χ1) is 15.2. The maximum Gasteiger partial charge on any atom is 0.0720 e. The van der Waals surface area contributed by atoms with Gasteiger partial charge >= 0.3 is 0 Å². The van der Waals surface area contributed by atoms with Gasteiger partial charge in [0.2, 0.25) is 0 Å². The third kappa shape index (κ3) is 3.28. The minimum Gasteiger partial charge on any atom is -0.393 e. The molecule has 0 spiro atoms. The Hall–Kier alpha value is -1.38. The Morgan fingerprint density at radius 2 is 1.75 bits per heavy atom. The Morgan fingerprint density at radius 1 is 1.00 bits per heavy atom. The van der Waals surface area contributed by atoms with Gasteiger partial charge in [-0.25, -0.2) is 0 Å². The molecular weight excluding hydrogens is 392 g/mol. The van der Waals surface area contributed by atoms with Gasteiger partial charge in [-0.2, -0.15) is 0 Å². The fourth-order valence-electron chi connectivity index (χ4n) is 8.34. The van der Waals surface area contributed by atoms with Crippen LogP contribution in [0.1, 0.15) is 85.1 Å². The second kappa shape index (κ2) is 7.84. The van der Waals surface area contributed by atoms with Gasteiger partial charge in [-0.3, -0.25) is 0 Å². The zero-order valence-electron chi connectivity index (χ0n) is 20.8. The topological polar surface area (TPSA) is 29.5 Å². The first kappa shape index (κ1) is 22.4. The van der Waals surface area contributed by atoms with Gasteiger partial charge in [0, 0.05) is 0 Å². The fraction of sp³-hybridized carbons (Fsp3) is 0.667. The molecule has 5 rings (SSSR count). The van der Waals surface area contributed by atoms with Gasteiger partial charge in [-0.15, -0.1) is 0 Å². The molecule has 0 aliphatic heterocycles. The van der Waals surface area contributed by atoms with Crippen molar-refractivity contribution < 1.29 is 9.84 Å². The predicted molar refractivity (Wildman–Crippen MR) is 131 cm³/mol. The lowest BCUT2D eigenvalue weighted by atomic mass is 9.46. The molecule has 0 amide bonds. The molecule has 2 heteroatoms. The summed E-state index contributed by atoms with van der Waals surface area (Å²) in [6.45, 7) is 12.7. The molecule has 6 atom stereocenters. The third-order valence-electron chi connectivity index (χ3n) is 10.4. The van der Waals surface area contributed by atoms with Crippen molar-refractivity contribution in [2.45, 2.75) is 98.4 Å². The van der Waals surface area contributed by atoms with Crippen LogP contribution in [0.2, 0.25) is 0 Å². The Kier molecular flexibility index (Phi) is 5.49. The SMILES string of the molecule is C[C@@H](OCc1ccccc1)C1CC=C2C3=C(CCC21C)C1(C)CCC(O)C(C)(C)C1CC3. The van der Waals surface area contributed by atoms with Gasteiger partial charge in [0.1, 0.15) is 0 Å². The normalized spacial score (nSPS) is 39.1. The van der Waals surface area contributed by atoms with Crippen molar-refractivity contribution in [3.8, 4) is 0 Å². The van der Waals surface area contributed by atoms with Crippen molar-refractivity contribution in [2.75, 3.05) is 0 Å². The van der Waals surface area contributed by atoms with Crippen LogP contribution in [-0.2, 0) is 11.3 Å². The monoisotopic (exact) mass is 434 g/mol. The summed E-state index contributed by atoms with van der Waals surface area (Å²) >= 11 is 0. The zero-order valence-corrected chi connectivity index (χ0v) is 20.8. The summed E-state index contributed by atoms with van der Waals surface area (Å²) in [6, 6.07) is 10.6. The maximum absolute atomic E-state index is 10.8. The highest BCUT2D eigenvalue weighted by Crippen LogP contribution is 2.66. The van der Waals surface area contributed by atoms with Crippen LogP contribution in [0.15, 0.2) is 53.1 Å². The number of aliphatic hydroxyl groups is 1. The van der Waals surface area contributed by atoms with E-state index in [0.29, 0.717) is 18.4 Å². The number of benzene rings is 1. The van der Waals surface area contributed by atoms with Crippen molar-refractivity contribution in [2.24, 2.45) is 28.1 Å². The predicted octanol–water partition coefficient (Wildman–Crippen LogP) is 7.23. The van der Waals surface area contributed by atoms with Gasteiger partial charge in [-0.1, -0.05) is 69.7 Å². The van der Waals surface area contributed by atoms with E-state index >= 15 is 0 Å². The van der Waals surface area contributed by atoms with Crippen LogP contribution in [0.4, 0.5) is 0 Å². The largest absolute Gasteiger partial charge is 0.393 e. The van der Waals surface area contributed by atoms with E-state index in [1.54, 1.807) is 16.7 Å². The number of hydrogen-bond donors (Lipinski definition) is 1. The van der Waals surface area contributed by atoms with Gasteiger partial charge in [-0.05, 0) is 96.7 Å². The third-order valence-corrected chi connectivity index (χ3v) is 10.4. The quantitative estimate of drug-likeness (QED) is 0.541. The summed E-state index contributed by atoms with van der Waals surface area (Å²) in [6.07, 6.45) is 10.8. The highest BCUT2D eigenvalue weighted by molar-refractivity contribution is 5.50. The summed E-state index contributed by atoms with van der Waals surface area (Å²) in [5, 5.41) is 10.8. The average molecular weight is 435 g/mol. The summed E-state index contributed by atoms with van der Waals surface area (Å²) < 4.78 is 6.43. The Balaban J connectivity index is 1.38. The highest BCUT2D eigenvalue weighted by Gasteiger charge is 2.57. The molecule has 32 heavy (non-hydrogen) atoms. The molecule has 0 saturated heterocycles. The average Bonchev–Trinajstić information content (AvgIpc) is 3.13. The van der Waals surface area contributed by atoms with E-state index in [2.05, 4.69) is 71.0 Å². The molecule has 0 bridgehead atoms. The van der Waals surface area contributed by atoms with Crippen molar-refractivity contribution in [3.05, 3.63) is 58.7 Å². The van der Waals surface area contributed by atoms with E-state index in [0.717, 1.165) is 19.3 Å². The van der Waals surface area contributed by atoms with Crippen LogP contribution in [0, 0.1) is 28.1 Å². The van der Waals surface area contributed by atoms with Gasteiger partial charge in [0.05, 0.1) is 18.8 Å². The molecule has 4 aliphatic carbocycles. The molecule has 0 heterocycles. The molecule has 4 aliphatic rings. The number of fused-ring (bicyclic) bond motifs is 4. The van der Waals surface area contributed by atoms with E-state index in [1.165, 1.54) is 31.2 Å². The van der Waals surface area contributed by atoms with Crippen molar-refractivity contribution in [1.29, 1.82) is 0 Å². The Morgan fingerprint density at radius 3 is 2.50 bits per heavy atom. The minimum atomic E-state index is -0.158. The molecule has 1 saturated carbocycles. The van der Waals surface area contributed by atoms with Crippen LogP contribution in [0.25, 0.3) is 0 Å². The number of rotatable bonds is 4. The maximum atomic E-state index is 10.8. The lowest BCUT2D eigenvalue weighted by Gasteiger charge is -2.59. The number of allylic oxidation sites excluding steroid dienone is 4. The summed E-state index contributed by atoms with van der Waals surface area (Å²) in [5.41, 5.74) is 6.87. The standard InChI is InChI=1S/C30H42O2/c1-20(32-19-21-9-7-6-8-10-21)23-12-13-24-22-11-14-26-28(2,3)27(31)16-18-30(26,5)25(22)15-17-29(23,24)4/h6-10,13,20,23,26-27,31H,11-12,14-19H2,1-5H3/t20-,23?,26?,27?,29?,30?/m1/s1. The van der Waals surface area contributed by atoms with Crippen molar-refractivity contribution >= 4 is 0 Å². The lowest BCUT2D eigenvalue weighted by Crippen LogP contribution is -2.53. The number of hydrogen-bond acceptors (Lipinski definition) is 2. The Labute approximate surface area is 195 Å². The van der Waals surface area contributed by atoms with Crippen molar-refractivity contribution in [3.63, 3.8) is 0 Å². The van der Waals surface area contributed by atoms with Crippen LogP contribution in [0.3, 0.4) is 0 Å². The number of aliphatic hydroxyl groups excluding tert-OH is 1. The zero-order chi connectivity index (χ0) is 22.7. The lowest BCUT2D eigenvalue weighted by molar-refractivity contribution is -0.0910. The molecule has 1 fully saturated rings. The van der Waals surface area contributed by atoms with Crippen LogP contribution >= 0.6 is 0 Å². The molecule has 1 aromatic rings. The second-order valence-electron chi connectivity index (χ2n) is 12.2. The second-order valence-corrected chi connectivity index (χ2v) is 12.2. The summed E-state index contributed by atoms with van der Waals surface area (Å²) in [7, 11) is 0. The van der Waals surface area contributed by atoms with E-state index in [-0.39, 0.29) is 28.5 Å². The molecule has 0 aromatic heterocycles. The molecular formula is C30H42O2. The Bertz CT molecular complexity index is 925.